The van der Waals surface area contributed by atoms with Crippen LogP contribution in [0.1, 0.15) is 24.8 Å². The summed E-state index contributed by atoms with van der Waals surface area (Å²) in [5.74, 6) is 2.60. The highest BCUT2D eigenvalue weighted by molar-refractivity contribution is 14.0. The van der Waals surface area contributed by atoms with E-state index in [1.807, 2.05) is 18.2 Å². The predicted octanol–water partition coefficient (Wildman–Crippen LogP) is 2.03. The van der Waals surface area contributed by atoms with Crippen molar-refractivity contribution in [2.24, 2.45) is 16.6 Å². The van der Waals surface area contributed by atoms with Crippen LogP contribution in [0.25, 0.3) is 0 Å². The largest absolute Gasteiger partial charge is 0.497 e. The van der Waals surface area contributed by atoms with Gasteiger partial charge in [-0.15, -0.1) is 24.0 Å². The van der Waals surface area contributed by atoms with Crippen molar-refractivity contribution in [1.29, 1.82) is 0 Å². The van der Waals surface area contributed by atoms with Crippen molar-refractivity contribution in [3.63, 3.8) is 0 Å². The number of methoxy groups -OCH3 is 2. The SMILES string of the molecule is CN=C(NCCc1cc(OC)ccc1OC)N1CCCC(CC(N)=O)C1.I. The maximum atomic E-state index is 11.2. The summed E-state index contributed by atoms with van der Waals surface area (Å²) in [6.45, 7) is 2.48. The molecule has 1 aromatic carbocycles. The third kappa shape index (κ3) is 7.08. The standard InChI is InChI=1S/C19H30N4O3.HI/c1-21-19(23-10-4-5-14(13-23)11-18(20)24)22-9-8-15-12-16(25-2)6-7-17(15)26-3;/h6-7,12,14H,4-5,8-11,13H2,1-3H3,(H2,20,24)(H,21,22);1H. The molecule has 0 spiro atoms. The normalized spacial score (nSPS) is 17.1. The Bertz CT molecular complexity index is 639. The van der Waals surface area contributed by atoms with E-state index in [0.29, 0.717) is 12.3 Å². The molecule has 152 valence electrons. The van der Waals surface area contributed by atoms with Crippen LogP contribution in [-0.4, -0.2) is 57.7 Å². The van der Waals surface area contributed by atoms with Crippen molar-refractivity contribution >= 4 is 35.8 Å². The smallest absolute Gasteiger partial charge is 0.217 e. The molecule has 7 nitrogen and oxygen atoms in total. The minimum Gasteiger partial charge on any atom is -0.497 e. The molecule has 1 aliphatic heterocycles. The van der Waals surface area contributed by atoms with Gasteiger partial charge in [0.1, 0.15) is 11.5 Å². The summed E-state index contributed by atoms with van der Waals surface area (Å²) in [5.41, 5.74) is 6.43. The van der Waals surface area contributed by atoms with E-state index in [2.05, 4.69) is 15.2 Å². The molecule has 0 saturated carbocycles. The van der Waals surface area contributed by atoms with E-state index in [1.54, 1.807) is 21.3 Å². The average Bonchev–Trinajstić information content (AvgIpc) is 2.64. The van der Waals surface area contributed by atoms with Crippen LogP contribution in [0.2, 0.25) is 0 Å². The molecule has 1 unspecified atom stereocenters. The number of carbonyl (C=O) groups excluding carboxylic acids is 1. The Morgan fingerprint density at radius 2 is 2.15 bits per heavy atom. The van der Waals surface area contributed by atoms with Crippen molar-refractivity contribution < 1.29 is 14.3 Å². The molecule has 2 rings (SSSR count). The number of ether oxygens (including phenoxy) is 2. The molecular weight excluding hydrogens is 459 g/mol. The summed E-state index contributed by atoms with van der Waals surface area (Å²) in [4.78, 5) is 17.8. The Morgan fingerprint density at radius 1 is 1.37 bits per heavy atom. The summed E-state index contributed by atoms with van der Waals surface area (Å²) < 4.78 is 10.7. The molecule has 1 amide bonds. The number of aliphatic imine (C=N–C) groups is 1. The van der Waals surface area contributed by atoms with E-state index in [1.165, 1.54) is 0 Å². The minimum absolute atomic E-state index is 0. The Balaban J connectivity index is 0.00000364. The lowest BCUT2D eigenvalue weighted by Crippen LogP contribution is -2.47. The summed E-state index contributed by atoms with van der Waals surface area (Å²) in [7, 11) is 5.11. The lowest BCUT2D eigenvalue weighted by molar-refractivity contribution is -0.119. The molecule has 0 aliphatic carbocycles. The number of nitrogens with one attached hydrogen (secondary N) is 1. The first-order valence-corrected chi connectivity index (χ1v) is 9.02. The van der Waals surface area contributed by atoms with Gasteiger partial charge in [0, 0.05) is 33.1 Å². The van der Waals surface area contributed by atoms with Gasteiger partial charge in [0.05, 0.1) is 14.2 Å². The molecule has 8 heteroatoms. The summed E-state index contributed by atoms with van der Waals surface area (Å²) >= 11 is 0. The van der Waals surface area contributed by atoms with E-state index < -0.39 is 0 Å². The lowest BCUT2D eigenvalue weighted by Gasteiger charge is -2.34. The number of rotatable bonds is 7. The number of guanidine groups is 1. The van der Waals surface area contributed by atoms with E-state index in [9.17, 15) is 4.79 Å². The predicted molar refractivity (Wildman–Crippen MR) is 118 cm³/mol. The topological polar surface area (TPSA) is 89.2 Å². The van der Waals surface area contributed by atoms with Crippen LogP contribution in [0.3, 0.4) is 0 Å². The third-order valence-electron chi connectivity index (χ3n) is 4.69. The molecule has 0 aromatic heterocycles. The van der Waals surface area contributed by atoms with Gasteiger partial charge in [0.2, 0.25) is 5.91 Å². The van der Waals surface area contributed by atoms with Crippen molar-refractivity contribution in [2.45, 2.75) is 25.7 Å². The number of piperidine rings is 1. The highest BCUT2D eigenvalue weighted by Crippen LogP contribution is 2.24. The van der Waals surface area contributed by atoms with Gasteiger partial charge in [0.15, 0.2) is 5.96 Å². The molecular formula is C19H31IN4O3. The number of halogens is 1. The molecule has 1 saturated heterocycles. The zero-order chi connectivity index (χ0) is 18.9. The summed E-state index contributed by atoms with van der Waals surface area (Å²) in [6, 6.07) is 5.80. The molecule has 1 fully saturated rings. The van der Waals surface area contributed by atoms with Gasteiger partial charge in [-0.1, -0.05) is 0 Å². The maximum Gasteiger partial charge on any atom is 0.217 e. The zero-order valence-electron chi connectivity index (χ0n) is 16.4. The van der Waals surface area contributed by atoms with Crippen LogP contribution in [0.5, 0.6) is 11.5 Å². The number of primary amides is 1. The number of benzene rings is 1. The highest BCUT2D eigenvalue weighted by Gasteiger charge is 2.23. The van der Waals surface area contributed by atoms with Crippen LogP contribution in [0.4, 0.5) is 0 Å². The molecule has 1 aromatic rings. The summed E-state index contributed by atoms with van der Waals surface area (Å²) in [6.07, 6.45) is 3.31. The lowest BCUT2D eigenvalue weighted by atomic mass is 9.95. The zero-order valence-corrected chi connectivity index (χ0v) is 18.7. The van der Waals surface area contributed by atoms with E-state index in [4.69, 9.17) is 15.2 Å². The second-order valence-electron chi connectivity index (χ2n) is 6.53. The molecule has 1 heterocycles. The van der Waals surface area contributed by atoms with Crippen LogP contribution in [0, 0.1) is 5.92 Å². The van der Waals surface area contributed by atoms with Gasteiger partial charge in [-0.3, -0.25) is 9.79 Å². The Morgan fingerprint density at radius 3 is 2.78 bits per heavy atom. The number of carbonyl (C=O) groups is 1. The van der Waals surface area contributed by atoms with Crippen LogP contribution >= 0.6 is 24.0 Å². The fraction of sp³-hybridized carbons (Fsp3) is 0.579. The van der Waals surface area contributed by atoms with Crippen LogP contribution in [0.15, 0.2) is 23.2 Å². The fourth-order valence-corrected chi connectivity index (χ4v) is 3.43. The molecule has 3 N–H and O–H groups in total. The summed E-state index contributed by atoms with van der Waals surface area (Å²) in [5, 5.41) is 3.41. The van der Waals surface area contributed by atoms with E-state index in [0.717, 1.165) is 61.9 Å². The Labute approximate surface area is 178 Å². The third-order valence-corrected chi connectivity index (χ3v) is 4.69. The van der Waals surface area contributed by atoms with Gasteiger partial charge in [-0.2, -0.15) is 0 Å². The van der Waals surface area contributed by atoms with Crippen molar-refractivity contribution in [1.82, 2.24) is 10.2 Å². The highest BCUT2D eigenvalue weighted by atomic mass is 127. The number of likely N-dealkylation sites (tertiary alicyclic amines) is 1. The van der Waals surface area contributed by atoms with Crippen molar-refractivity contribution in [3.05, 3.63) is 23.8 Å². The number of nitrogens with two attached hydrogens (primary N) is 1. The average molecular weight is 490 g/mol. The first-order valence-electron chi connectivity index (χ1n) is 9.02. The van der Waals surface area contributed by atoms with Crippen LogP contribution < -0.4 is 20.5 Å². The molecule has 0 bridgehead atoms. The maximum absolute atomic E-state index is 11.2. The first kappa shape index (κ1) is 23.3. The fourth-order valence-electron chi connectivity index (χ4n) is 3.43. The first-order chi connectivity index (χ1) is 12.6. The van der Waals surface area contributed by atoms with E-state index in [-0.39, 0.29) is 29.9 Å². The van der Waals surface area contributed by atoms with Crippen LogP contribution in [-0.2, 0) is 11.2 Å². The molecule has 1 aliphatic rings. The van der Waals surface area contributed by atoms with Gasteiger partial charge >= 0.3 is 0 Å². The van der Waals surface area contributed by atoms with Gasteiger partial charge < -0.3 is 25.4 Å². The number of amides is 1. The Kier molecular flexibility index (Phi) is 10.3. The van der Waals surface area contributed by atoms with Crippen molar-refractivity contribution in [2.75, 3.05) is 40.9 Å². The monoisotopic (exact) mass is 490 g/mol. The minimum atomic E-state index is -0.232. The number of hydrogen-bond donors (Lipinski definition) is 2. The van der Waals surface area contributed by atoms with Gasteiger partial charge in [-0.25, -0.2) is 0 Å². The Hall–Kier alpha value is -1.71. The van der Waals surface area contributed by atoms with E-state index >= 15 is 0 Å². The second kappa shape index (κ2) is 11.9. The molecule has 0 radical (unpaired) electrons. The molecule has 27 heavy (non-hydrogen) atoms. The quantitative estimate of drug-likeness (QED) is 0.347. The number of nitrogens with zero attached hydrogens (tertiary/aromatic N) is 2. The molecule has 1 atom stereocenters. The second-order valence-corrected chi connectivity index (χ2v) is 6.53. The van der Waals surface area contributed by atoms with Crippen molar-refractivity contribution in [3.8, 4) is 11.5 Å². The number of hydrogen-bond acceptors (Lipinski definition) is 4. The van der Waals surface area contributed by atoms with Gasteiger partial charge in [-0.05, 0) is 48.9 Å². The van der Waals surface area contributed by atoms with Gasteiger partial charge in [0.25, 0.3) is 0 Å².